The van der Waals surface area contributed by atoms with Crippen LogP contribution in [0.15, 0.2) is 5.16 Å². The first-order chi connectivity index (χ1) is 6.52. The maximum Gasteiger partial charge on any atom is 0.230 e. The van der Waals surface area contributed by atoms with E-state index in [9.17, 15) is 4.79 Å². The summed E-state index contributed by atoms with van der Waals surface area (Å²) in [5.74, 6) is 0.399. The Bertz CT molecular complexity index is 219. The molecule has 0 aromatic carbocycles. The number of oxime groups is 1. The zero-order valence-electron chi connectivity index (χ0n) is 8.65. The number of rotatable bonds is 5. The molecule has 1 unspecified atom stereocenters. The highest BCUT2D eigenvalue weighted by Gasteiger charge is 2.19. The third kappa shape index (κ3) is 4.36. The first kappa shape index (κ1) is 13.1. The largest absolute Gasteiger partial charge is 0.409 e. The number of hydrogen-bond donors (Lipinski definition) is 3. The lowest BCUT2D eigenvalue weighted by molar-refractivity contribution is -0.119. The van der Waals surface area contributed by atoms with Gasteiger partial charge in [0.25, 0.3) is 0 Å². The van der Waals surface area contributed by atoms with Gasteiger partial charge in [0, 0.05) is 0 Å². The fraction of sp³-hybridized carbons (Fsp3) is 0.750. The van der Waals surface area contributed by atoms with Gasteiger partial charge in [0.1, 0.15) is 0 Å². The molecule has 0 aliphatic carbocycles. The molecule has 6 heteroatoms. The van der Waals surface area contributed by atoms with Crippen molar-refractivity contribution in [1.82, 2.24) is 5.32 Å². The van der Waals surface area contributed by atoms with Crippen LogP contribution in [0, 0.1) is 5.92 Å². The highest BCUT2D eigenvalue weighted by Crippen LogP contribution is 2.02. The zero-order chi connectivity index (χ0) is 11.1. The molecule has 0 bridgehead atoms. The van der Waals surface area contributed by atoms with E-state index in [0.29, 0.717) is 5.75 Å². The van der Waals surface area contributed by atoms with Crippen molar-refractivity contribution in [3.8, 4) is 0 Å². The fourth-order valence-electron chi connectivity index (χ4n) is 0.991. The summed E-state index contributed by atoms with van der Waals surface area (Å²) in [4.78, 5) is 11.3. The van der Waals surface area contributed by atoms with Crippen LogP contribution in [-0.2, 0) is 4.79 Å². The molecule has 0 aliphatic heterocycles. The second kappa shape index (κ2) is 6.53. The van der Waals surface area contributed by atoms with Gasteiger partial charge in [-0.2, -0.15) is 11.8 Å². The van der Waals surface area contributed by atoms with Crippen LogP contribution in [0.4, 0.5) is 0 Å². The van der Waals surface area contributed by atoms with E-state index >= 15 is 0 Å². The molecule has 0 aliphatic rings. The molecule has 0 aromatic rings. The van der Waals surface area contributed by atoms with E-state index in [1.165, 1.54) is 11.8 Å². The molecule has 1 atom stereocenters. The van der Waals surface area contributed by atoms with Gasteiger partial charge in [-0.15, -0.1) is 0 Å². The quantitative estimate of drug-likeness (QED) is 0.267. The average Bonchev–Trinajstić information content (AvgIpc) is 2.13. The predicted molar refractivity (Wildman–Crippen MR) is 58.6 cm³/mol. The van der Waals surface area contributed by atoms with Crippen LogP contribution in [0.1, 0.15) is 13.8 Å². The fourth-order valence-corrected chi connectivity index (χ4v) is 1.34. The van der Waals surface area contributed by atoms with Crippen LogP contribution in [0.5, 0.6) is 0 Å². The molecule has 0 spiro atoms. The number of carbonyl (C=O) groups excluding carboxylic acids is 1. The normalized spacial score (nSPS) is 14.1. The summed E-state index contributed by atoms with van der Waals surface area (Å²) in [7, 11) is 0. The van der Waals surface area contributed by atoms with E-state index in [2.05, 4.69) is 10.5 Å². The van der Waals surface area contributed by atoms with Crippen molar-refractivity contribution in [2.45, 2.75) is 19.9 Å². The van der Waals surface area contributed by atoms with Gasteiger partial charge >= 0.3 is 0 Å². The molecule has 5 nitrogen and oxygen atoms in total. The summed E-state index contributed by atoms with van der Waals surface area (Å²) in [6.45, 7) is 3.78. The molecule has 0 heterocycles. The molecule has 1 amide bonds. The van der Waals surface area contributed by atoms with Crippen LogP contribution in [0.25, 0.3) is 0 Å². The standard InChI is InChI=1S/C8H17N3O2S/c1-5(2)7(8(9)11-13)10-6(12)4-14-3/h5,7,13H,4H2,1-3H3,(H2,9,11)(H,10,12). The minimum atomic E-state index is -0.403. The summed E-state index contributed by atoms with van der Waals surface area (Å²) in [5, 5.41) is 14.1. The Kier molecular flexibility index (Phi) is 6.11. The smallest absolute Gasteiger partial charge is 0.230 e. The SMILES string of the molecule is CSCC(=O)NC(C(N)=NO)C(C)C. The van der Waals surface area contributed by atoms with E-state index in [1.807, 2.05) is 20.1 Å². The van der Waals surface area contributed by atoms with E-state index in [0.717, 1.165) is 0 Å². The molecule has 0 rings (SSSR count). The lowest BCUT2D eigenvalue weighted by Gasteiger charge is -2.20. The van der Waals surface area contributed by atoms with Crippen LogP contribution in [0.3, 0.4) is 0 Å². The van der Waals surface area contributed by atoms with Crippen molar-refractivity contribution in [3.63, 3.8) is 0 Å². The number of amidine groups is 1. The van der Waals surface area contributed by atoms with Crippen LogP contribution in [0.2, 0.25) is 0 Å². The molecular formula is C8H17N3O2S. The Hall–Kier alpha value is -0.910. The molecule has 0 aromatic heterocycles. The lowest BCUT2D eigenvalue weighted by Crippen LogP contribution is -2.48. The number of carbonyl (C=O) groups is 1. The number of nitrogens with one attached hydrogen (secondary N) is 1. The van der Waals surface area contributed by atoms with Gasteiger partial charge in [-0.3, -0.25) is 4.79 Å². The van der Waals surface area contributed by atoms with Gasteiger partial charge in [-0.1, -0.05) is 19.0 Å². The topological polar surface area (TPSA) is 87.7 Å². The van der Waals surface area contributed by atoms with Crippen molar-refractivity contribution in [2.24, 2.45) is 16.8 Å². The second-order valence-electron chi connectivity index (χ2n) is 3.25. The first-order valence-electron chi connectivity index (χ1n) is 4.28. The van der Waals surface area contributed by atoms with Crippen molar-refractivity contribution < 1.29 is 10.0 Å². The van der Waals surface area contributed by atoms with E-state index in [-0.39, 0.29) is 17.7 Å². The summed E-state index contributed by atoms with van der Waals surface area (Å²) < 4.78 is 0. The summed E-state index contributed by atoms with van der Waals surface area (Å²) >= 11 is 1.43. The average molecular weight is 219 g/mol. The highest BCUT2D eigenvalue weighted by atomic mass is 32.2. The number of nitrogens with zero attached hydrogens (tertiary/aromatic N) is 1. The zero-order valence-corrected chi connectivity index (χ0v) is 9.47. The number of thioether (sulfide) groups is 1. The predicted octanol–water partition coefficient (Wildman–Crippen LogP) is 0.237. The lowest BCUT2D eigenvalue weighted by atomic mass is 10.0. The minimum Gasteiger partial charge on any atom is -0.409 e. The Balaban J connectivity index is 4.31. The van der Waals surface area contributed by atoms with Gasteiger partial charge in [0.2, 0.25) is 5.91 Å². The molecule has 14 heavy (non-hydrogen) atoms. The third-order valence-electron chi connectivity index (χ3n) is 1.69. The minimum absolute atomic E-state index is 0.0365. The van der Waals surface area contributed by atoms with Gasteiger partial charge in [-0.05, 0) is 12.2 Å². The first-order valence-corrected chi connectivity index (χ1v) is 5.68. The van der Waals surface area contributed by atoms with E-state index in [1.54, 1.807) is 0 Å². The van der Waals surface area contributed by atoms with Crippen molar-refractivity contribution in [2.75, 3.05) is 12.0 Å². The second-order valence-corrected chi connectivity index (χ2v) is 4.11. The van der Waals surface area contributed by atoms with Crippen LogP contribution in [-0.4, -0.2) is 35.0 Å². The number of nitrogens with two attached hydrogens (primary N) is 1. The third-order valence-corrected chi connectivity index (χ3v) is 2.24. The van der Waals surface area contributed by atoms with Gasteiger partial charge in [-0.25, -0.2) is 0 Å². The maximum absolute atomic E-state index is 11.3. The maximum atomic E-state index is 11.3. The summed E-state index contributed by atoms with van der Waals surface area (Å²) in [5.41, 5.74) is 5.44. The Morgan fingerprint density at radius 3 is 2.57 bits per heavy atom. The molecule has 0 saturated heterocycles. The number of hydrogen-bond acceptors (Lipinski definition) is 4. The van der Waals surface area contributed by atoms with Crippen molar-refractivity contribution in [1.29, 1.82) is 0 Å². The molecular weight excluding hydrogens is 202 g/mol. The molecule has 0 fully saturated rings. The van der Waals surface area contributed by atoms with Crippen LogP contribution >= 0.6 is 11.8 Å². The van der Waals surface area contributed by atoms with Gasteiger partial charge < -0.3 is 16.3 Å². The van der Waals surface area contributed by atoms with Crippen molar-refractivity contribution >= 4 is 23.5 Å². The monoisotopic (exact) mass is 219 g/mol. The molecule has 4 N–H and O–H groups in total. The van der Waals surface area contributed by atoms with Crippen molar-refractivity contribution in [3.05, 3.63) is 0 Å². The van der Waals surface area contributed by atoms with Gasteiger partial charge in [0.05, 0.1) is 11.8 Å². The van der Waals surface area contributed by atoms with Crippen LogP contribution < -0.4 is 11.1 Å². The molecule has 0 radical (unpaired) electrons. The Morgan fingerprint density at radius 2 is 2.21 bits per heavy atom. The molecule has 82 valence electrons. The Morgan fingerprint density at radius 1 is 1.64 bits per heavy atom. The summed E-state index contributed by atoms with van der Waals surface area (Å²) in [6.07, 6.45) is 1.84. The van der Waals surface area contributed by atoms with Gasteiger partial charge in [0.15, 0.2) is 5.84 Å². The molecule has 0 saturated carbocycles. The van der Waals surface area contributed by atoms with E-state index in [4.69, 9.17) is 10.9 Å². The Labute approximate surface area is 88.1 Å². The number of amides is 1. The van der Waals surface area contributed by atoms with E-state index < -0.39 is 6.04 Å². The highest BCUT2D eigenvalue weighted by molar-refractivity contribution is 7.99. The summed E-state index contributed by atoms with van der Waals surface area (Å²) in [6, 6.07) is -0.403.